The van der Waals surface area contributed by atoms with Crippen LogP contribution in [-0.4, -0.2) is 75.8 Å². The highest BCUT2D eigenvalue weighted by Crippen LogP contribution is 2.43. The van der Waals surface area contributed by atoms with Gasteiger partial charge < -0.3 is 28.7 Å². The molecule has 0 aliphatic rings. The summed E-state index contributed by atoms with van der Waals surface area (Å²) in [6.07, 6.45) is 0. The summed E-state index contributed by atoms with van der Waals surface area (Å²) >= 11 is 0. The monoisotopic (exact) mass is 785 g/mol. The molecule has 0 bridgehead atoms. The van der Waals surface area contributed by atoms with E-state index in [2.05, 4.69) is 15.5 Å². The number of carbonyl (C=O) groups is 2. The van der Waals surface area contributed by atoms with Crippen LogP contribution in [0.3, 0.4) is 0 Å². The molecule has 0 spiro atoms. The summed E-state index contributed by atoms with van der Waals surface area (Å²) in [6, 6.07) is 15.3. The van der Waals surface area contributed by atoms with Crippen molar-refractivity contribution in [2.45, 2.75) is 34.6 Å². The Bertz CT molecular complexity index is 2950. The number of oxime groups is 3. The van der Waals surface area contributed by atoms with E-state index in [1.807, 2.05) is 20.8 Å². The summed E-state index contributed by atoms with van der Waals surface area (Å²) < 4.78 is 16.9. The van der Waals surface area contributed by atoms with Gasteiger partial charge in [-0.15, -0.1) is 0 Å². The topological polar surface area (TPSA) is 178 Å². The Morgan fingerprint density at radius 1 is 0.466 bits per heavy atom. The quantitative estimate of drug-likeness (QED) is 0.0677. The van der Waals surface area contributed by atoms with Gasteiger partial charge in [-0.3, -0.25) is 14.4 Å². The molecule has 296 valence electrons. The van der Waals surface area contributed by atoms with Crippen molar-refractivity contribution in [1.29, 1.82) is 0 Å². The molecule has 58 heavy (non-hydrogen) atoms. The van der Waals surface area contributed by atoms with E-state index in [0.717, 1.165) is 0 Å². The van der Waals surface area contributed by atoms with Crippen LogP contribution in [0.4, 0.5) is 0 Å². The van der Waals surface area contributed by atoms with Crippen molar-refractivity contribution in [2.24, 2.45) is 15.5 Å². The van der Waals surface area contributed by atoms with Gasteiger partial charge in [0.25, 0.3) is 0 Å². The molecule has 0 radical (unpaired) electrons. The number of hydrogen-bond donors (Lipinski definition) is 0. The van der Waals surface area contributed by atoms with Gasteiger partial charge in [0.2, 0.25) is 0 Å². The molecule has 0 amide bonds. The molecule has 0 saturated heterocycles. The maximum atomic E-state index is 14.8. The highest BCUT2D eigenvalue weighted by atomic mass is 16.7. The van der Waals surface area contributed by atoms with Crippen LogP contribution in [0.5, 0.6) is 0 Å². The molecule has 0 aliphatic carbocycles. The van der Waals surface area contributed by atoms with Crippen molar-refractivity contribution in [1.82, 2.24) is 0 Å². The number of rotatable bonds is 15. The van der Waals surface area contributed by atoms with Crippen LogP contribution < -0.4 is 16.3 Å². The zero-order valence-corrected chi connectivity index (χ0v) is 32.8. The second-order valence-corrected chi connectivity index (χ2v) is 13.4. The number of carbonyl (C=O) groups excluding carboxylic acids is 2. The predicted molar refractivity (Wildman–Crippen MR) is 223 cm³/mol. The normalized spacial score (nSPS) is 12.9. The zero-order chi connectivity index (χ0) is 41.2. The van der Waals surface area contributed by atoms with Gasteiger partial charge in [0.1, 0.15) is 24.2 Å². The van der Waals surface area contributed by atoms with E-state index >= 15 is 0 Å². The molecule has 0 N–H and O–H groups in total. The summed E-state index contributed by atoms with van der Waals surface area (Å²) in [7, 11) is 1.43. The minimum absolute atomic E-state index is 0.00442. The van der Waals surface area contributed by atoms with Crippen LogP contribution in [0.25, 0.3) is 64.6 Å². The maximum Gasteiger partial charge on any atom is 0.331 e. The molecule has 0 saturated carbocycles. The third kappa shape index (κ3) is 6.95. The van der Waals surface area contributed by atoms with Crippen LogP contribution >= 0.6 is 0 Å². The largest absolute Gasteiger partial charge is 0.399 e. The van der Waals surface area contributed by atoms with Gasteiger partial charge in [-0.05, 0) is 73.3 Å². The Labute approximate surface area is 330 Å². The molecular weight excluding hydrogens is 746 g/mol. The first-order valence-electron chi connectivity index (χ1n) is 18.7. The average Bonchev–Trinajstić information content (AvgIpc) is 3.79. The van der Waals surface area contributed by atoms with Crippen molar-refractivity contribution < 1.29 is 38.3 Å². The van der Waals surface area contributed by atoms with Gasteiger partial charge >= 0.3 is 11.9 Å². The molecule has 0 unspecified atom stereocenters. The van der Waals surface area contributed by atoms with E-state index in [9.17, 15) is 24.0 Å². The number of fused-ring (bicyclic) bond motifs is 12. The SMILES string of the molecule is CCOC/C(=N\OC(C)=O)c1ccc2c(=O)c3c(c2c1)c1c(=O)c2ccc(/C(COCC)=N\OC(C)=O)cc2c1c1c(=O)c2ccc(/C(COCC)=N\OC)cc2c31. The highest BCUT2D eigenvalue weighted by Gasteiger charge is 2.28. The number of hydrogen-bond acceptors (Lipinski definition) is 14. The lowest BCUT2D eigenvalue weighted by molar-refractivity contribution is -0.141. The van der Waals surface area contributed by atoms with Gasteiger partial charge in [-0.25, -0.2) is 9.59 Å². The molecule has 0 aliphatic heterocycles. The van der Waals surface area contributed by atoms with Crippen molar-refractivity contribution >= 4 is 93.7 Å². The van der Waals surface area contributed by atoms with Crippen molar-refractivity contribution in [3.63, 3.8) is 0 Å². The first-order valence-corrected chi connectivity index (χ1v) is 18.7. The van der Waals surface area contributed by atoms with E-state index in [-0.39, 0.29) is 63.7 Å². The fraction of sp³-hybridized carbons (Fsp3) is 0.273. The van der Waals surface area contributed by atoms with E-state index in [0.29, 0.717) is 90.7 Å². The van der Waals surface area contributed by atoms with Gasteiger partial charge in [-0.1, -0.05) is 33.7 Å². The zero-order valence-electron chi connectivity index (χ0n) is 32.8. The average molecular weight is 786 g/mol. The molecular formula is C44H39N3O11. The molecule has 7 aromatic carbocycles. The minimum atomic E-state index is -0.628. The molecule has 0 fully saturated rings. The molecule has 7 rings (SSSR count). The standard InChI is InChI=1S/C44H39N3O11/c1-7-54-19-33(45-53-6)24-10-13-27-30(16-24)36-39(42(27)50)37-32-18-26(35(21-56-9-3)47-58-23(5)49)12-15-29(32)44(52)41(37)38-31-17-25(11-14-28(31)43(51)40(36)38)34(20-55-8-2)46-57-22(4)48/h10-18H,7-9,19-21H2,1-6H3/b45-33-,46-34+,47-35-. The third-order valence-corrected chi connectivity index (χ3v) is 9.88. The Morgan fingerprint density at radius 2 is 0.776 bits per heavy atom. The molecule has 0 atom stereocenters. The van der Waals surface area contributed by atoms with Crippen molar-refractivity contribution in [3.05, 3.63) is 102 Å². The first-order chi connectivity index (χ1) is 28.0. The lowest BCUT2D eigenvalue weighted by Gasteiger charge is -2.08. The summed E-state index contributed by atoms with van der Waals surface area (Å²) in [5, 5.41) is 16.3. The fourth-order valence-electron chi connectivity index (χ4n) is 7.46. The fourth-order valence-corrected chi connectivity index (χ4v) is 7.46. The van der Waals surface area contributed by atoms with Gasteiger partial charge in [0.15, 0.2) is 16.3 Å². The van der Waals surface area contributed by atoms with Crippen LogP contribution in [0.15, 0.2) is 84.4 Å². The van der Waals surface area contributed by atoms with Gasteiger partial charge in [-0.2, -0.15) is 0 Å². The van der Waals surface area contributed by atoms with Crippen molar-refractivity contribution in [3.8, 4) is 0 Å². The smallest absolute Gasteiger partial charge is 0.331 e. The van der Waals surface area contributed by atoms with E-state index in [1.54, 1.807) is 54.6 Å². The molecule has 7 aromatic rings. The van der Waals surface area contributed by atoms with E-state index in [4.69, 9.17) is 28.7 Å². The van der Waals surface area contributed by atoms with Crippen LogP contribution in [0.1, 0.15) is 51.3 Å². The molecule has 0 heterocycles. The highest BCUT2D eigenvalue weighted by molar-refractivity contribution is 6.43. The van der Waals surface area contributed by atoms with Crippen LogP contribution in [0.2, 0.25) is 0 Å². The van der Waals surface area contributed by atoms with E-state index in [1.165, 1.54) is 21.0 Å². The lowest BCUT2D eigenvalue weighted by Crippen LogP contribution is -2.12. The van der Waals surface area contributed by atoms with E-state index < -0.39 is 11.9 Å². The first kappa shape index (κ1) is 39.7. The molecule has 14 heteroatoms. The van der Waals surface area contributed by atoms with Crippen molar-refractivity contribution in [2.75, 3.05) is 46.8 Å². The second-order valence-electron chi connectivity index (χ2n) is 13.4. The van der Waals surface area contributed by atoms with Gasteiger partial charge in [0, 0.05) is 98.8 Å². The second kappa shape index (κ2) is 16.5. The Hall–Kier alpha value is -6.48. The van der Waals surface area contributed by atoms with Crippen LogP contribution in [-0.2, 0) is 38.3 Å². The minimum Gasteiger partial charge on any atom is -0.399 e. The lowest BCUT2D eigenvalue weighted by atomic mass is 9.97. The summed E-state index contributed by atoms with van der Waals surface area (Å²) in [6.45, 7) is 9.19. The predicted octanol–water partition coefficient (Wildman–Crippen LogP) is 5.99. The molecule has 14 nitrogen and oxygen atoms in total. The summed E-state index contributed by atoms with van der Waals surface area (Å²) in [5.74, 6) is -1.26. The third-order valence-electron chi connectivity index (χ3n) is 9.88. The van der Waals surface area contributed by atoms with Gasteiger partial charge in [0.05, 0.1) is 19.8 Å². The summed E-state index contributed by atoms with van der Waals surface area (Å²) in [5.41, 5.74) is 1.52. The summed E-state index contributed by atoms with van der Waals surface area (Å²) in [4.78, 5) is 83.0. The Balaban J connectivity index is 1.68. The maximum absolute atomic E-state index is 14.8. The Morgan fingerprint density at radius 3 is 1.05 bits per heavy atom. The number of benzene rings is 4. The Kier molecular flexibility index (Phi) is 11.3. The molecule has 0 aromatic heterocycles. The number of nitrogens with zero attached hydrogens (tertiary/aromatic N) is 3. The number of ether oxygens (including phenoxy) is 3. The van der Waals surface area contributed by atoms with Crippen LogP contribution in [0, 0.1) is 0 Å².